The van der Waals surface area contributed by atoms with Gasteiger partial charge in [0, 0.05) is 19.6 Å². The molecular weight excluding hydrogens is 383 g/mol. The molecule has 8 heteroatoms. The van der Waals surface area contributed by atoms with Crippen LogP contribution in [-0.4, -0.2) is 49.6 Å². The van der Waals surface area contributed by atoms with Crippen molar-refractivity contribution in [2.75, 3.05) is 39.1 Å². The number of anilines is 1. The van der Waals surface area contributed by atoms with Crippen molar-refractivity contribution >= 4 is 11.7 Å². The highest BCUT2D eigenvalue weighted by molar-refractivity contribution is 5.91. The smallest absolute Gasteiger partial charge is 0.416 e. The van der Waals surface area contributed by atoms with Crippen molar-refractivity contribution < 1.29 is 22.7 Å². The summed E-state index contributed by atoms with van der Waals surface area (Å²) < 4.78 is 44.7. The van der Waals surface area contributed by atoms with Gasteiger partial charge in [-0.3, -0.25) is 0 Å². The number of ether oxygens (including phenoxy) is 1. The number of nitrogens with one attached hydrogen (secondary N) is 1. The SMILES string of the molecule is CCOc1ccc(C(F)(F)F)cc1NC(=O)N(CCN(C)C)Cc1ccccc1. The molecule has 0 bridgehead atoms. The van der Waals surface area contributed by atoms with Crippen LogP contribution in [0, 0.1) is 0 Å². The topological polar surface area (TPSA) is 44.8 Å². The van der Waals surface area contributed by atoms with Crippen molar-refractivity contribution in [3.05, 3.63) is 59.7 Å². The molecule has 0 unspecified atom stereocenters. The van der Waals surface area contributed by atoms with Gasteiger partial charge in [-0.2, -0.15) is 13.2 Å². The number of alkyl halides is 3. The summed E-state index contributed by atoms with van der Waals surface area (Å²) >= 11 is 0. The first-order valence-electron chi connectivity index (χ1n) is 9.29. The Morgan fingerprint density at radius 2 is 1.76 bits per heavy atom. The average Bonchev–Trinajstić information content (AvgIpc) is 2.66. The Bertz CT molecular complexity index is 796. The maximum atomic E-state index is 13.1. The second-order valence-corrected chi connectivity index (χ2v) is 6.78. The minimum absolute atomic E-state index is 0.00501. The van der Waals surface area contributed by atoms with Gasteiger partial charge in [0.1, 0.15) is 5.75 Å². The van der Waals surface area contributed by atoms with E-state index >= 15 is 0 Å². The molecule has 29 heavy (non-hydrogen) atoms. The first kappa shape index (κ1) is 22.5. The Balaban J connectivity index is 2.26. The number of carbonyl (C=O) groups is 1. The van der Waals surface area contributed by atoms with Crippen LogP contribution < -0.4 is 10.1 Å². The standard InChI is InChI=1S/C21H26F3N3O2/c1-4-29-19-11-10-17(21(22,23)24)14-18(19)25-20(28)27(13-12-26(2)3)15-16-8-6-5-7-9-16/h5-11,14H,4,12-13,15H2,1-3H3,(H,25,28). The Morgan fingerprint density at radius 3 is 2.34 bits per heavy atom. The van der Waals surface area contributed by atoms with Crippen LogP contribution in [0.3, 0.4) is 0 Å². The Hall–Kier alpha value is -2.74. The van der Waals surface area contributed by atoms with Crippen LogP contribution in [0.1, 0.15) is 18.1 Å². The van der Waals surface area contributed by atoms with Gasteiger partial charge in [0.25, 0.3) is 0 Å². The summed E-state index contributed by atoms with van der Waals surface area (Å²) in [7, 11) is 3.77. The van der Waals surface area contributed by atoms with Crippen molar-refractivity contribution in [2.24, 2.45) is 0 Å². The highest BCUT2D eigenvalue weighted by atomic mass is 19.4. The summed E-state index contributed by atoms with van der Waals surface area (Å²) in [5.41, 5.74) is 0.0734. The summed E-state index contributed by atoms with van der Waals surface area (Å²) in [5, 5.41) is 2.60. The lowest BCUT2D eigenvalue weighted by molar-refractivity contribution is -0.137. The van der Waals surface area contributed by atoms with E-state index in [-0.39, 0.29) is 18.0 Å². The van der Waals surface area contributed by atoms with Crippen molar-refractivity contribution in [2.45, 2.75) is 19.6 Å². The number of likely N-dealkylation sites (N-methyl/N-ethyl adjacent to an activating group) is 1. The van der Waals surface area contributed by atoms with Gasteiger partial charge in [-0.1, -0.05) is 30.3 Å². The zero-order valence-electron chi connectivity index (χ0n) is 16.8. The minimum Gasteiger partial charge on any atom is -0.492 e. The monoisotopic (exact) mass is 409 g/mol. The fourth-order valence-electron chi connectivity index (χ4n) is 2.66. The average molecular weight is 409 g/mol. The van der Waals surface area contributed by atoms with E-state index in [1.807, 2.05) is 49.3 Å². The van der Waals surface area contributed by atoms with Gasteiger partial charge in [-0.05, 0) is 44.8 Å². The molecule has 158 valence electrons. The predicted molar refractivity (Wildman–Crippen MR) is 107 cm³/mol. The third kappa shape index (κ3) is 6.98. The Morgan fingerprint density at radius 1 is 1.07 bits per heavy atom. The molecule has 0 saturated carbocycles. The van der Waals surface area contributed by atoms with Gasteiger partial charge >= 0.3 is 12.2 Å². The Labute approximate surface area is 169 Å². The number of nitrogens with zero attached hydrogens (tertiary/aromatic N) is 2. The number of amides is 2. The maximum absolute atomic E-state index is 13.1. The molecule has 0 saturated heterocycles. The summed E-state index contributed by atoms with van der Waals surface area (Å²) in [6.45, 7) is 3.35. The number of benzene rings is 2. The first-order chi connectivity index (χ1) is 13.7. The van der Waals surface area contributed by atoms with E-state index in [0.717, 1.165) is 17.7 Å². The molecule has 0 radical (unpaired) electrons. The van der Waals surface area contributed by atoms with E-state index in [4.69, 9.17) is 4.74 Å². The highest BCUT2D eigenvalue weighted by Crippen LogP contribution is 2.35. The summed E-state index contributed by atoms with van der Waals surface area (Å²) in [6.07, 6.45) is -4.52. The number of rotatable bonds is 8. The molecule has 0 heterocycles. The lowest BCUT2D eigenvalue weighted by Crippen LogP contribution is -2.39. The van der Waals surface area contributed by atoms with Crippen molar-refractivity contribution in [3.8, 4) is 5.75 Å². The first-order valence-corrected chi connectivity index (χ1v) is 9.29. The van der Waals surface area contributed by atoms with E-state index in [9.17, 15) is 18.0 Å². The molecule has 1 N–H and O–H groups in total. The van der Waals surface area contributed by atoms with Gasteiger partial charge in [-0.25, -0.2) is 4.79 Å². The second-order valence-electron chi connectivity index (χ2n) is 6.78. The molecule has 0 aliphatic heterocycles. The molecule has 0 fully saturated rings. The third-order valence-electron chi connectivity index (χ3n) is 4.17. The summed E-state index contributed by atoms with van der Waals surface area (Å²) in [6, 6.07) is 12.0. The van der Waals surface area contributed by atoms with Crippen molar-refractivity contribution in [1.29, 1.82) is 0 Å². The number of hydrogen-bond acceptors (Lipinski definition) is 3. The van der Waals surface area contributed by atoms with E-state index in [0.29, 0.717) is 19.6 Å². The number of hydrogen-bond donors (Lipinski definition) is 1. The predicted octanol–water partition coefficient (Wildman–Crippen LogP) is 4.70. The van der Waals surface area contributed by atoms with Crippen LogP contribution in [-0.2, 0) is 12.7 Å². The highest BCUT2D eigenvalue weighted by Gasteiger charge is 2.31. The molecule has 5 nitrogen and oxygen atoms in total. The molecule has 0 aliphatic carbocycles. The normalized spacial score (nSPS) is 11.4. The van der Waals surface area contributed by atoms with Crippen LogP contribution in [0.5, 0.6) is 5.75 Å². The van der Waals surface area contributed by atoms with E-state index < -0.39 is 17.8 Å². The molecule has 0 spiro atoms. The second kappa shape index (κ2) is 10.2. The zero-order chi connectivity index (χ0) is 21.4. The number of carbonyl (C=O) groups excluding carboxylic acids is 1. The van der Waals surface area contributed by atoms with Crippen LogP contribution in [0.15, 0.2) is 48.5 Å². The number of halogens is 3. The molecule has 2 aromatic carbocycles. The molecule has 2 amide bonds. The van der Waals surface area contributed by atoms with Crippen molar-refractivity contribution in [1.82, 2.24) is 9.80 Å². The quantitative estimate of drug-likeness (QED) is 0.687. The molecule has 0 aromatic heterocycles. The Kier molecular flexibility index (Phi) is 7.90. The van der Waals surface area contributed by atoms with Crippen LogP contribution in [0.2, 0.25) is 0 Å². The number of urea groups is 1. The fraction of sp³-hybridized carbons (Fsp3) is 0.381. The van der Waals surface area contributed by atoms with Gasteiger partial charge in [0.15, 0.2) is 0 Å². The molecule has 2 aromatic rings. The summed E-state index contributed by atoms with van der Waals surface area (Å²) in [4.78, 5) is 16.4. The minimum atomic E-state index is -4.52. The van der Waals surface area contributed by atoms with Gasteiger partial charge < -0.3 is 19.9 Å². The van der Waals surface area contributed by atoms with Gasteiger partial charge in [0.2, 0.25) is 0 Å². The van der Waals surface area contributed by atoms with Gasteiger partial charge in [0.05, 0.1) is 17.9 Å². The molecule has 2 rings (SSSR count). The largest absolute Gasteiger partial charge is 0.492 e. The summed E-state index contributed by atoms with van der Waals surface area (Å²) in [5.74, 6) is 0.195. The third-order valence-corrected chi connectivity index (χ3v) is 4.17. The fourth-order valence-corrected chi connectivity index (χ4v) is 2.66. The van der Waals surface area contributed by atoms with Crippen molar-refractivity contribution in [3.63, 3.8) is 0 Å². The van der Waals surface area contributed by atoms with Crippen LogP contribution in [0.4, 0.5) is 23.7 Å². The lowest BCUT2D eigenvalue weighted by atomic mass is 10.1. The van der Waals surface area contributed by atoms with Crippen LogP contribution in [0.25, 0.3) is 0 Å². The molecule has 0 aliphatic rings. The van der Waals surface area contributed by atoms with E-state index in [1.54, 1.807) is 11.8 Å². The molecular formula is C21H26F3N3O2. The lowest BCUT2D eigenvalue weighted by Gasteiger charge is -2.25. The van der Waals surface area contributed by atoms with Crippen LogP contribution >= 0.6 is 0 Å². The molecule has 0 atom stereocenters. The maximum Gasteiger partial charge on any atom is 0.416 e. The van der Waals surface area contributed by atoms with E-state index in [2.05, 4.69) is 5.32 Å². The zero-order valence-corrected chi connectivity index (χ0v) is 16.8. The van der Waals surface area contributed by atoms with E-state index in [1.165, 1.54) is 6.07 Å². The van der Waals surface area contributed by atoms with Gasteiger partial charge in [-0.15, -0.1) is 0 Å².